The Morgan fingerprint density at radius 3 is 2.96 bits per heavy atom. The molecule has 1 aromatic carbocycles. The third-order valence-corrected chi connectivity index (χ3v) is 3.20. The van der Waals surface area contributed by atoms with Crippen molar-refractivity contribution in [3.8, 4) is 12.0 Å². The highest BCUT2D eigenvalue weighted by atomic mass is 16.2. The van der Waals surface area contributed by atoms with Crippen LogP contribution >= 0.6 is 0 Å². The summed E-state index contributed by atoms with van der Waals surface area (Å²) in [6.45, 7) is 0. The molecule has 24 heavy (non-hydrogen) atoms. The predicted molar refractivity (Wildman–Crippen MR) is 85.5 cm³/mol. The standard InChI is InChI=1S/C16H12N6O2/c17-9-12-4-1-3-11(7-12)8-14(23)20-13-10-18-16(21-15(13)24)22-6-2-5-19-22/h1-7,10H,8H2,(H,20,23)(H,18,21,24). The molecule has 2 aromatic heterocycles. The Kier molecular flexibility index (Phi) is 4.16. The number of amides is 1. The van der Waals surface area contributed by atoms with Crippen molar-refractivity contribution in [2.45, 2.75) is 6.42 Å². The third kappa shape index (κ3) is 3.36. The number of aromatic amines is 1. The number of nitrogens with zero attached hydrogens (tertiary/aromatic N) is 4. The SMILES string of the molecule is N#Cc1cccc(CC(=O)Nc2cnc(-n3cccn3)[nH]c2=O)c1. The lowest BCUT2D eigenvalue weighted by atomic mass is 10.1. The lowest BCUT2D eigenvalue weighted by molar-refractivity contribution is -0.115. The quantitative estimate of drug-likeness (QED) is 0.744. The number of aromatic nitrogens is 4. The van der Waals surface area contributed by atoms with Crippen LogP contribution in [-0.4, -0.2) is 25.7 Å². The second-order valence-electron chi connectivity index (χ2n) is 4.94. The van der Waals surface area contributed by atoms with Gasteiger partial charge in [0.25, 0.3) is 5.56 Å². The van der Waals surface area contributed by atoms with Gasteiger partial charge in [0.1, 0.15) is 5.69 Å². The maximum atomic E-state index is 12.1. The van der Waals surface area contributed by atoms with Gasteiger partial charge in [0, 0.05) is 12.4 Å². The number of rotatable bonds is 4. The van der Waals surface area contributed by atoms with E-state index in [-0.39, 0.29) is 24.0 Å². The molecule has 0 spiro atoms. The summed E-state index contributed by atoms with van der Waals surface area (Å²) in [5, 5.41) is 15.3. The first kappa shape index (κ1) is 15.2. The molecular formula is C16H12N6O2. The Morgan fingerprint density at radius 1 is 1.38 bits per heavy atom. The van der Waals surface area contributed by atoms with Crippen LogP contribution in [0.25, 0.3) is 5.95 Å². The van der Waals surface area contributed by atoms with Gasteiger partial charge in [-0.1, -0.05) is 12.1 Å². The van der Waals surface area contributed by atoms with E-state index in [9.17, 15) is 9.59 Å². The largest absolute Gasteiger partial charge is 0.320 e. The second kappa shape index (κ2) is 6.58. The minimum Gasteiger partial charge on any atom is -0.320 e. The molecule has 0 unspecified atom stereocenters. The zero-order valence-electron chi connectivity index (χ0n) is 12.4. The van der Waals surface area contributed by atoms with E-state index in [0.717, 1.165) is 0 Å². The number of nitrogens with one attached hydrogen (secondary N) is 2. The Hall–Kier alpha value is -3.73. The molecule has 0 aliphatic carbocycles. The molecule has 3 aromatic rings. The number of H-pyrrole nitrogens is 1. The van der Waals surface area contributed by atoms with Crippen molar-refractivity contribution in [3.63, 3.8) is 0 Å². The van der Waals surface area contributed by atoms with E-state index in [1.807, 2.05) is 6.07 Å². The van der Waals surface area contributed by atoms with Gasteiger partial charge in [-0.2, -0.15) is 10.4 Å². The first-order chi connectivity index (χ1) is 11.7. The third-order valence-electron chi connectivity index (χ3n) is 3.20. The first-order valence-electron chi connectivity index (χ1n) is 7.04. The van der Waals surface area contributed by atoms with Crippen LogP contribution in [0, 0.1) is 11.3 Å². The van der Waals surface area contributed by atoms with Crippen molar-refractivity contribution in [1.29, 1.82) is 5.26 Å². The number of benzene rings is 1. The molecule has 0 radical (unpaired) electrons. The predicted octanol–water partition coefficient (Wildman–Crippen LogP) is 1.01. The van der Waals surface area contributed by atoms with Crippen molar-refractivity contribution in [1.82, 2.24) is 19.7 Å². The fourth-order valence-electron chi connectivity index (χ4n) is 2.12. The Balaban J connectivity index is 1.72. The van der Waals surface area contributed by atoms with E-state index < -0.39 is 5.56 Å². The molecular weight excluding hydrogens is 308 g/mol. The molecule has 0 atom stereocenters. The maximum absolute atomic E-state index is 12.1. The van der Waals surface area contributed by atoms with Gasteiger partial charge < -0.3 is 5.32 Å². The minimum atomic E-state index is -0.477. The van der Waals surface area contributed by atoms with Gasteiger partial charge in [-0.25, -0.2) is 9.67 Å². The Morgan fingerprint density at radius 2 is 2.25 bits per heavy atom. The average Bonchev–Trinajstić information content (AvgIpc) is 3.11. The minimum absolute atomic E-state index is 0.0485. The van der Waals surface area contributed by atoms with Crippen molar-refractivity contribution in [3.05, 3.63) is 70.4 Å². The van der Waals surface area contributed by atoms with Gasteiger partial charge in [-0.15, -0.1) is 0 Å². The van der Waals surface area contributed by atoms with Crippen LogP contribution < -0.4 is 10.9 Å². The molecule has 8 heteroatoms. The van der Waals surface area contributed by atoms with Gasteiger partial charge in [0.2, 0.25) is 11.9 Å². The van der Waals surface area contributed by atoms with Gasteiger partial charge in [0.05, 0.1) is 24.3 Å². The fraction of sp³-hybridized carbons (Fsp3) is 0.0625. The Labute approximate surface area is 136 Å². The smallest absolute Gasteiger partial charge is 0.276 e. The van der Waals surface area contributed by atoms with Crippen molar-refractivity contribution >= 4 is 11.6 Å². The van der Waals surface area contributed by atoms with Gasteiger partial charge in [-0.05, 0) is 23.8 Å². The van der Waals surface area contributed by atoms with E-state index in [1.54, 1.807) is 42.7 Å². The molecule has 2 heterocycles. The zero-order valence-corrected chi connectivity index (χ0v) is 12.4. The zero-order chi connectivity index (χ0) is 16.9. The molecule has 1 amide bonds. The maximum Gasteiger partial charge on any atom is 0.276 e. The van der Waals surface area contributed by atoms with Crippen LogP contribution in [0.3, 0.4) is 0 Å². The van der Waals surface area contributed by atoms with Crippen molar-refractivity contribution in [2.75, 3.05) is 5.32 Å². The van der Waals surface area contributed by atoms with Crippen LogP contribution in [0.1, 0.15) is 11.1 Å². The summed E-state index contributed by atoms with van der Waals surface area (Å²) in [4.78, 5) is 30.7. The summed E-state index contributed by atoms with van der Waals surface area (Å²) in [5.41, 5.74) is 0.731. The summed E-state index contributed by atoms with van der Waals surface area (Å²) in [6, 6.07) is 10.4. The topological polar surface area (TPSA) is 116 Å². The summed E-state index contributed by atoms with van der Waals surface area (Å²) in [6.07, 6.45) is 4.53. The second-order valence-corrected chi connectivity index (χ2v) is 4.94. The summed E-state index contributed by atoms with van der Waals surface area (Å²) < 4.78 is 1.40. The molecule has 0 aliphatic rings. The number of hydrogen-bond acceptors (Lipinski definition) is 5. The molecule has 0 bridgehead atoms. The number of hydrogen-bond donors (Lipinski definition) is 2. The van der Waals surface area contributed by atoms with E-state index in [2.05, 4.69) is 20.4 Å². The summed E-state index contributed by atoms with van der Waals surface area (Å²) >= 11 is 0. The van der Waals surface area contributed by atoms with E-state index in [1.165, 1.54) is 10.9 Å². The van der Waals surface area contributed by atoms with E-state index in [4.69, 9.17) is 5.26 Å². The molecule has 0 saturated heterocycles. The lowest BCUT2D eigenvalue weighted by Gasteiger charge is -2.06. The highest BCUT2D eigenvalue weighted by molar-refractivity contribution is 5.91. The Bertz CT molecular complexity index is 969. The molecule has 2 N–H and O–H groups in total. The van der Waals surface area contributed by atoms with Crippen LogP contribution in [0.2, 0.25) is 0 Å². The fourth-order valence-corrected chi connectivity index (χ4v) is 2.12. The van der Waals surface area contributed by atoms with Gasteiger partial charge in [0.15, 0.2) is 0 Å². The van der Waals surface area contributed by atoms with Crippen molar-refractivity contribution in [2.24, 2.45) is 0 Å². The number of carbonyl (C=O) groups excluding carboxylic acids is 1. The molecule has 0 saturated carbocycles. The highest BCUT2D eigenvalue weighted by Gasteiger charge is 2.09. The van der Waals surface area contributed by atoms with Crippen LogP contribution in [-0.2, 0) is 11.2 Å². The van der Waals surface area contributed by atoms with Crippen LogP contribution in [0.15, 0.2) is 53.7 Å². The number of anilines is 1. The number of carbonyl (C=O) groups is 1. The molecule has 118 valence electrons. The normalized spacial score (nSPS) is 10.1. The van der Waals surface area contributed by atoms with Crippen LogP contribution in [0.4, 0.5) is 5.69 Å². The average molecular weight is 320 g/mol. The highest BCUT2D eigenvalue weighted by Crippen LogP contribution is 2.07. The first-order valence-corrected chi connectivity index (χ1v) is 7.04. The van der Waals surface area contributed by atoms with Crippen LogP contribution in [0.5, 0.6) is 0 Å². The van der Waals surface area contributed by atoms with Gasteiger partial charge >= 0.3 is 0 Å². The number of nitriles is 1. The van der Waals surface area contributed by atoms with Gasteiger partial charge in [-0.3, -0.25) is 14.6 Å². The molecule has 0 aliphatic heterocycles. The molecule has 8 nitrogen and oxygen atoms in total. The van der Waals surface area contributed by atoms with E-state index >= 15 is 0 Å². The summed E-state index contributed by atoms with van der Waals surface area (Å²) in [7, 11) is 0. The summed E-state index contributed by atoms with van der Waals surface area (Å²) in [5.74, 6) is -0.117. The lowest BCUT2D eigenvalue weighted by Crippen LogP contribution is -2.23. The molecule has 0 fully saturated rings. The van der Waals surface area contributed by atoms with Crippen molar-refractivity contribution < 1.29 is 4.79 Å². The molecule has 3 rings (SSSR count). The monoisotopic (exact) mass is 320 g/mol. The van der Waals surface area contributed by atoms with E-state index in [0.29, 0.717) is 11.1 Å².